The maximum absolute atomic E-state index is 12.2. The number of hydrogen-bond donors (Lipinski definition) is 2. The Bertz CT molecular complexity index is 481. The smallest absolute Gasteiger partial charge is 0.238 e. The number of hydrogen-bond acceptors (Lipinski definition) is 3. The van der Waals surface area contributed by atoms with E-state index < -0.39 is 0 Å². The number of nitrogens with zero attached hydrogens (tertiary/aromatic N) is 1. The molecule has 0 radical (unpaired) electrons. The second-order valence-corrected chi connectivity index (χ2v) is 5.91. The molecule has 1 aromatic rings. The molecule has 1 unspecified atom stereocenters. The van der Waals surface area contributed by atoms with Crippen LogP contribution in [0.3, 0.4) is 0 Å². The number of anilines is 1. The molecule has 116 valence electrons. The average Bonchev–Trinajstić information content (AvgIpc) is 2.49. The second kappa shape index (κ2) is 7.57. The first kappa shape index (κ1) is 16.0. The molecule has 2 N–H and O–H groups in total. The molecule has 1 heterocycles. The highest BCUT2D eigenvalue weighted by Gasteiger charge is 2.21. The zero-order valence-electron chi connectivity index (χ0n) is 13.4. The van der Waals surface area contributed by atoms with E-state index in [0.29, 0.717) is 12.6 Å². The molecule has 0 spiro atoms. The van der Waals surface area contributed by atoms with Crippen molar-refractivity contribution in [3.63, 3.8) is 0 Å². The fraction of sp³-hybridized carbons (Fsp3) is 0.588. The van der Waals surface area contributed by atoms with Gasteiger partial charge in [0.25, 0.3) is 0 Å². The van der Waals surface area contributed by atoms with E-state index >= 15 is 0 Å². The van der Waals surface area contributed by atoms with Crippen LogP contribution in [0.15, 0.2) is 18.2 Å². The molecule has 1 amide bonds. The highest BCUT2D eigenvalue weighted by Crippen LogP contribution is 2.15. The monoisotopic (exact) mass is 289 g/mol. The molecule has 1 aliphatic heterocycles. The molecule has 0 aliphatic carbocycles. The summed E-state index contributed by atoms with van der Waals surface area (Å²) in [5.74, 6) is 0.0747. The van der Waals surface area contributed by atoms with Gasteiger partial charge in [-0.05, 0) is 63.0 Å². The Morgan fingerprint density at radius 1 is 1.38 bits per heavy atom. The van der Waals surface area contributed by atoms with Gasteiger partial charge in [-0.2, -0.15) is 0 Å². The Kier molecular flexibility index (Phi) is 5.76. The predicted octanol–water partition coefficient (Wildman–Crippen LogP) is 2.32. The van der Waals surface area contributed by atoms with Crippen molar-refractivity contribution < 1.29 is 4.79 Å². The molecule has 0 aromatic heterocycles. The zero-order valence-corrected chi connectivity index (χ0v) is 13.4. The van der Waals surface area contributed by atoms with Crippen molar-refractivity contribution in [3.8, 4) is 0 Å². The minimum Gasteiger partial charge on any atom is -0.325 e. The average molecular weight is 289 g/mol. The predicted molar refractivity (Wildman–Crippen MR) is 87.7 cm³/mol. The van der Waals surface area contributed by atoms with E-state index in [4.69, 9.17) is 0 Å². The van der Waals surface area contributed by atoms with E-state index in [9.17, 15) is 4.79 Å². The van der Waals surface area contributed by atoms with Crippen molar-refractivity contribution in [2.75, 3.05) is 31.5 Å². The maximum atomic E-state index is 12.2. The lowest BCUT2D eigenvalue weighted by atomic mass is 10.1. The minimum atomic E-state index is 0.0747. The number of amides is 1. The van der Waals surface area contributed by atoms with Gasteiger partial charge in [-0.1, -0.05) is 13.0 Å². The summed E-state index contributed by atoms with van der Waals surface area (Å²) in [5, 5.41) is 6.43. The molecular weight excluding hydrogens is 262 g/mol. The number of likely N-dealkylation sites (N-methyl/N-ethyl adjacent to an activating group) is 1. The van der Waals surface area contributed by atoms with Gasteiger partial charge in [-0.3, -0.25) is 9.69 Å². The van der Waals surface area contributed by atoms with Gasteiger partial charge in [-0.15, -0.1) is 0 Å². The summed E-state index contributed by atoms with van der Waals surface area (Å²) in [6, 6.07) is 6.53. The van der Waals surface area contributed by atoms with E-state index in [1.807, 2.05) is 18.2 Å². The summed E-state index contributed by atoms with van der Waals surface area (Å²) >= 11 is 0. The summed E-state index contributed by atoms with van der Waals surface area (Å²) in [6.07, 6.45) is 2.37. The summed E-state index contributed by atoms with van der Waals surface area (Å²) in [5.41, 5.74) is 3.34. The van der Waals surface area contributed by atoms with E-state index in [-0.39, 0.29) is 5.91 Å². The van der Waals surface area contributed by atoms with Crippen LogP contribution in [-0.2, 0) is 4.79 Å². The Balaban J connectivity index is 1.91. The van der Waals surface area contributed by atoms with Gasteiger partial charge < -0.3 is 10.6 Å². The zero-order chi connectivity index (χ0) is 15.2. The highest BCUT2D eigenvalue weighted by molar-refractivity contribution is 5.92. The highest BCUT2D eigenvalue weighted by atomic mass is 16.2. The topological polar surface area (TPSA) is 44.4 Å². The third-order valence-electron chi connectivity index (χ3n) is 4.33. The molecule has 0 bridgehead atoms. The van der Waals surface area contributed by atoms with Gasteiger partial charge >= 0.3 is 0 Å². The molecule has 2 rings (SSSR count). The van der Waals surface area contributed by atoms with E-state index in [1.54, 1.807) is 0 Å². The lowest BCUT2D eigenvalue weighted by Gasteiger charge is -2.33. The fourth-order valence-electron chi connectivity index (χ4n) is 2.85. The molecule has 1 fully saturated rings. The third-order valence-corrected chi connectivity index (χ3v) is 4.33. The Labute approximate surface area is 127 Å². The van der Waals surface area contributed by atoms with Crippen LogP contribution in [0.1, 0.15) is 30.9 Å². The Morgan fingerprint density at radius 2 is 2.19 bits per heavy atom. The Morgan fingerprint density at radius 3 is 2.81 bits per heavy atom. The first-order valence-electron chi connectivity index (χ1n) is 7.92. The van der Waals surface area contributed by atoms with Crippen molar-refractivity contribution in [1.82, 2.24) is 10.2 Å². The molecule has 21 heavy (non-hydrogen) atoms. The normalized spacial score (nSPS) is 18.8. The lowest BCUT2D eigenvalue weighted by Crippen LogP contribution is -2.48. The molecule has 4 heteroatoms. The van der Waals surface area contributed by atoms with Gasteiger partial charge in [-0.25, -0.2) is 0 Å². The number of aryl methyl sites for hydroxylation is 2. The molecule has 4 nitrogen and oxygen atoms in total. The molecule has 1 aliphatic rings. The number of rotatable bonds is 5. The van der Waals surface area contributed by atoms with Crippen LogP contribution in [0.2, 0.25) is 0 Å². The lowest BCUT2D eigenvalue weighted by molar-refractivity contribution is -0.117. The second-order valence-electron chi connectivity index (χ2n) is 5.91. The molecular formula is C17H27N3O. The van der Waals surface area contributed by atoms with Crippen LogP contribution >= 0.6 is 0 Å². The number of nitrogens with one attached hydrogen (secondary N) is 2. The van der Waals surface area contributed by atoms with Gasteiger partial charge in [0.05, 0.1) is 6.54 Å². The van der Waals surface area contributed by atoms with Crippen LogP contribution in [0.25, 0.3) is 0 Å². The van der Waals surface area contributed by atoms with Gasteiger partial charge in [0.15, 0.2) is 0 Å². The van der Waals surface area contributed by atoms with Crippen molar-refractivity contribution >= 4 is 11.6 Å². The molecule has 1 aromatic carbocycles. The standard InChI is InChI=1S/C17H27N3O/c1-4-20(16-6-5-9-18-11-16)12-17(21)19-15-8-7-13(2)14(3)10-15/h7-8,10,16,18H,4-6,9,11-12H2,1-3H3,(H,19,21). The van der Waals surface area contributed by atoms with Crippen LogP contribution in [0.5, 0.6) is 0 Å². The van der Waals surface area contributed by atoms with Crippen molar-refractivity contribution in [2.24, 2.45) is 0 Å². The summed E-state index contributed by atoms with van der Waals surface area (Å²) < 4.78 is 0. The van der Waals surface area contributed by atoms with E-state index in [2.05, 4.69) is 36.3 Å². The quantitative estimate of drug-likeness (QED) is 0.874. The van der Waals surface area contributed by atoms with Crippen LogP contribution in [0, 0.1) is 13.8 Å². The summed E-state index contributed by atoms with van der Waals surface area (Å²) in [4.78, 5) is 14.5. The van der Waals surface area contributed by atoms with Crippen LogP contribution in [-0.4, -0.2) is 43.0 Å². The van der Waals surface area contributed by atoms with Crippen molar-refractivity contribution in [3.05, 3.63) is 29.3 Å². The molecule has 0 saturated carbocycles. The van der Waals surface area contributed by atoms with E-state index in [0.717, 1.165) is 25.3 Å². The van der Waals surface area contributed by atoms with Crippen molar-refractivity contribution in [1.29, 1.82) is 0 Å². The van der Waals surface area contributed by atoms with Gasteiger partial charge in [0, 0.05) is 18.3 Å². The van der Waals surface area contributed by atoms with Crippen LogP contribution < -0.4 is 10.6 Å². The maximum Gasteiger partial charge on any atom is 0.238 e. The Hall–Kier alpha value is -1.39. The third kappa shape index (κ3) is 4.55. The summed E-state index contributed by atoms with van der Waals surface area (Å²) in [6.45, 7) is 9.74. The minimum absolute atomic E-state index is 0.0747. The van der Waals surface area contributed by atoms with Gasteiger partial charge in [0.2, 0.25) is 5.91 Å². The largest absolute Gasteiger partial charge is 0.325 e. The van der Waals surface area contributed by atoms with Crippen LogP contribution in [0.4, 0.5) is 5.69 Å². The van der Waals surface area contributed by atoms with E-state index in [1.165, 1.54) is 24.0 Å². The summed E-state index contributed by atoms with van der Waals surface area (Å²) in [7, 11) is 0. The van der Waals surface area contributed by atoms with Gasteiger partial charge in [0.1, 0.15) is 0 Å². The number of piperidine rings is 1. The SMILES string of the molecule is CCN(CC(=O)Nc1ccc(C)c(C)c1)C1CCCNC1. The van der Waals surface area contributed by atoms with Crippen molar-refractivity contribution in [2.45, 2.75) is 39.7 Å². The fourth-order valence-corrected chi connectivity index (χ4v) is 2.85. The number of carbonyl (C=O) groups excluding carboxylic acids is 1. The number of benzene rings is 1. The number of carbonyl (C=O) groups is 1. The first-order valence-corrected chi connectivity index (χ1v) is 7.92. The molecule has 1 atom stereocenters. The molecule has 1 saturated heterocycles. The first-order chi connectivity index (χ1) is 10.1.